The molecule has 44 heavy (non-hydrogen) atoms. The molecule has 9 heteroatoms. The van der Waals surface area contributed by atoms with Crippen LogP contribution in [0.25, 0.3) is 0 Å². The van der Waals surface area contributed by atoms with Crippen molar-refractivity contribution < 1.29 is 13.9 Å². The number of anilines is 2. The largest absolute Gasteiger partial charge is 0.489 e. The highest BCUT2D eigenvalue weighted by molar-refractivity contribution is 7.98. The van der Waals surface area contributed by atoms with Gasteiger partial charge in [-0.05, 0) is 73.4 Å². The van der Waals surface area contributed by atoms with E-state index in [2.05, 4.69) is 29.7 Å². The molecule has 1 amide bonds. The maximum atomic E-state index is 14.3. The van der Waals surface area contributed by atoms with Crippen LogP contribution in [0.4, 0.5) is 16.0 Å². The molecule has 1 aliphatic heterocycles. The van der Waals surface area contributed by atoms with Gasteiger partial charge < -0.3 is 15.4 Å². The average molecular weight is 606 g/mol. The molecule has 2 N–H and O–H groups in total. The molecule has 0 saturated heterocycles. The first-order valence-corrected chi connectivity index (χ1v) is 15.3. The molecule has 5 aromatic rings. The highest BCUT2D eigenvalue weighted by Gasteiger charge is 2.34. The van der Waals surface area contributed by atoms with Crippen molar-refractivity contribution in [2.24, 2.45) is 0 Å². The van der Waals surface area contributed by atoms with Crippen molar-refractivity contribution in [2.45, 2.75) is 44.3 Å². The van der Waals surface area contributed by atoms with Crippen molar-refractivity contribution in [3.8, 4) is 5.75 Å². The molecule has 1 atom stereocenters. The molecular formula is C35H32FN5O2S. The first-order valence-electron chi connectivity index (χ1n) is 14.3. The number of aromatic nitrogens is 3. The SMILES string of the molecule is CC1=C(C(=O)Nc2cccc(C)c2)C(c2cccc(OCc3ccc(C)cc3)c2)n2nc(SCc3ccccc3F)nc2N1. The molecule has 1 unspecified atom stereocenters. The highest BCUT2D eigenvalue weighted by Crippen LogP contribution is 2.38. The summed E-state index contributed by atoms with van der Waals surface area (Å²) in [5, 5.41) is 11.6. The van der Waals surface area contributed by atoms with Gasteiger partial charge >= 0.3 is 0 Å². The lowest BCUT2D eigenvalue weighted by molar-refractivity contribution is -0.113. The van der Waals surface area contributed by atoms with Crippen molar-refractivity contribution in [2.75, 3.05) is 10.6 Å². The van der Waals surface area contributed by atoms with Crippen LogP contribution < -0.4 is 15.4 Å². The van der Waals surface area contributed by atoms with Crippen molar-refractivity contribution in [3.05, 3.63) is 142 Å². The van der Waals surface area contributed by atoms with E-state index in [9.17, 15) is 9.18 Å². The lowest BCUT2D eigenvalue weighted by Crippen LogP contribution is -2.31. The number of fused-ring (bicyclic) bond motifs is 1. The van der Waals surface area contributed by atoms with Crippen LogP contribution in [-0.2, 0) is 17.2 Å². The van der Waals surface area contributed by atoms with Crippen LogP contribution in [0.15, 0.2) is 113 Å². The van der Waals surface area contributed by atoms with Crippen LogP contribution in [0, 0.1) is 19.7 Å². The third kappa shape index (κ3) is 6.53. The summed E-state index contributed by atoms with van der Waals surface area (Å²) in [5.74, 6) is 1.03. The van der Waals surface area contributed by atoms with Crippen molar-refractivity contribution in [1.29, 1.82) is 0 Å². The minimum absolute atomic E-state index is 0.252. The molecule has 1 aromatic heterocycles. The Bertz CT molecular complexity index is 1850. The fourth-order valence-electron chi connectivity index (χ4n) is 5.10. The molecule has 0 fully saturated rings. The van der Waals surface area contributed by atoms with Gasteiger partial charge in [0.15, 0.2) is 0 Å². The zero-order valence-electron chi connectivity index (χ0n) is 24.7. The Kier molecular flexibility index (Phi) is 8.47. The fraction of sp³-hybridized carbons (Fsp3) is 0.171. The quantitative estimate of drug-likeness (QED) is 0.167. The Balaban J connectivity index is 1.33. The Morgan fingerprint density at radius 3 is 2.55 bits per heavy atom. The summed E-state index contributed by atoms with van der Waals surface area (Å²) in [7, 11) is 0. The second kappa shape index (κ2) is 12.8. The number of aryl methyl sites for hydroxylation is 2. The molecule has 0 radical (unpaired) electrons. The van der Waals surface area contributed by atoms with Gasteiger partial charge in [0.25, 0.3) is 5.91 Å². The number of nitrogens with one attached hydrogen (secondary N) is 2. The van der Waals surface area contributed by atoms with Crippen LogP contribution in [0.5, 0.6) is 5.75 Å². The predicted octanol–water partition coefficient (Wildman–Crippen LogP) is 7.83. The number of ether oxygens (including phenoxy) is 1. The number of hydrogen-bond donors (Lipinski definition) is 2. The van der Waals surface area contributed by atoms with Gasteiger partial charge in [0.05, 0.1) is 5.57 Å². The smallest absolute Gasteiger partial charge is 0.255 e. The van der Waals surface area contributed by atoms with Gasteiger partial charge in [-0.1, -0.05) is 84.1 Å². The predicted molar refractivity (Wildman–Crippen MR) is 172 cm³/mol. The molecule has 2 heterocycles. The molecular weight excluding hydrogens is 573 g/mol. The number of amides is 1. The number of halogens is 1. The van der Waals surface area contributed by atoms with Gasteiger partial charge in [0.1, 0.15) is 24.2 Å². The first kappa shape index (κ1) is 29.2. The van der Waals surface area contributed by atoms with E-state index in [4.69, 9.17) is 14.8 Å². The standard InChI is InChI=1S/C35H32FN5O2S/c1-22-14-16-25(17-15-22)20-43-29-12-7-10-26(19-29)32-31(33(42)38-28-11-6-8-23(2)18-28)24(3)37-34-39-35(40-41(32)34)44-21-27-9-4-5-13-30(27)36/h4-19,32H,20-21H2,1-3H3,(H,38,42)(H,37,39,40). The number of allylic oxidation sites excluding steroid dienone is 1. The molecule has 0 spiro atoms. The van der Waals surface area contributed by atoms with Crippen LogP contribution in [0.2, 0.25) is 0 Å². The Morgan fingerprint density at radius 1 is 0.955 bits per heavy atom. The van der Waals surface area contributed by atoms with Crippen LogP contribution in [-0.4, -0.2) is 20.7 Å². The zero-order valence-corrected chi connectivity index (χ0v) is 25.5. The maximum Gasteiger partial charge on any atom is 0.255 e. The normalized spacial score (nSPS) is 14.1. The number of hydrogen-bond acceptors (Lipinski definition) is 6. The number of rotatable bonds is 9. The summed E-state index contributed by atoms with van der Waals surface area (Å²) >= 11 is 1.34. The summed E-state index contributed by atoms with van der Waals surface area (Å²) in [6.45, 7) is 6.31. The van der Waals surface area contributed by atoms with E-state index in [0.29, 0.717) is 51.7 Å². The third-order valence-corrected chi connectivity index (χ3v) is 8.25. The Labute approximate surface area is 260 Å². The van der Waals surface area contributed by atoms with E-state index in [1.54, 1.807) is 16.8 Å². The van der Waals surface area contributed by atoms with Gasteiger partial charge in [-0.15, -0.1) is 5.10 Å². The lowest BCUT2D eigenvalue weighted by Gasteiger charge is -2.29. The Morgan fingerprint density at radius 2 is 1.75 bits per heavy atom. The van der Waals surface area contributed by atoms with Crippen molar-refractivity contribution >= 4 is 29.3 Å². The van der Waals surface area contributed by atoms with E-state index in [1.807, 2.05) is 80.6 Å². The maximum absolute atomic E-state index is 14.3. The van der Waals surface area contributed by atoms with Crippen LogP contribution in [0.1, 0.15) is 40.8 Å². The third-order valence-electron chi connectivity index (χ3n) is 7.37. The molecule has 0 saturated carbocycles. The molecule has 4 aromatic carbocycles. The molecule has 0 bridgehead atoms. The molecule has 7 nitrogen and oxygen atoms in total. The molecule has 0 aliphatic carbocycles. The summed E-state index contributed by atoms with van der Waals surface area (Å²) in [6.07, 6.45) is 0. The van der Waals surface area contributed by atoms with Crippen molar-refractivity contribution in [3.63, 3.8) is 0 Å². The van der Waals surface area contributed by atoms with E-state index in [-0.39, 0.29) is 11.7 Å². The van der Waals surface area contributed by atoms with Crippen LogP contribution >= 0.6 is 11.8 Å². The highest BCUT2D eigenvalue weighted by atomic mass is 32.2. The second-order valence-electron chi connectivity index (χ2n) is 10.8. The fourth-order valence-corrected chi connectivity index (χ4v) is 5.91. The minimum Gasteiger partial charge on any atom is -0.489 e. The lowest BCUT2D eigenvalue weighted by atomic mass is 9.94. The van der Waals surface area contributed by atoms with Gasteiger partial charge in [-0.3, -0.25) is 4.79 Å². The van der Waals surface area contributed by atoms with E-state index in [1.165, 1.54) is 23.4 Å². The van der Waals surface area contributed by atoms with E-state index in [0.717, 1.165) is 16.7 Å². The number of nitrogens with zero attached hydrogens (tertiary/aromatic N) is 3. The molecule has 6 rings (SSSR count). The molecule has 222 valence electrons. The number of thioether (sulfide) groups is 1. The van der Waals surface area contributed by atoms with Gasteiger partial charge in [-0.2, -0.15) is 4.98 Å². The average Bonchev–Trinajstić information content (AvgIpc) is 3.42. The zero-order chi connectivity index (χ0) is 30.6. The van der Waals surface area contributed by atoms with E-state index >= 15 is 0 Å². The van der Waals surface area contributed by atoms with Crippen molar-refractivity contribution in [1.82, 2.24) is 14.8 Å². The topological polar surface area (TPSA) is 81.1 Å². The summed E-state index contributed by atoms with van der Waals surface area (Å²) < 4.78 is 22.2. The minimum atomic E-state index is -0.589. The van der Waals surface area contributed by atoms with Gasteiger partial charge in [0, 0.05) is 17.1 Å². The van der Waals surface area contributed by atoms with Gasteiger partial charge in [0.2, 0.25) is 11.1 Å². The number of carbonyl (C=O) groups excluding carboxylic acids is 1. The molecule has 1 aliphatic rings. The van der Waals surface area contributed by atoms with Crippen LogP contribution in [0.3, 0.4) is 0 Å². The second-order valence-corrected chi connectivity index (χ2v) is 11.7. The first-order chi connectivity index (χ1) is 21.3. The monoisotopic (exact) mass is 605 g/mol. The number of benzene rings is 4. The van der Waals surface area contributed by atoms with E-state index < -0.39 is 6.04 Å². The summed E-state index contributed by atoms with van der Waals surface area (Å²) in [6, 6.07) is 29.7. The van der Waals surface area contributed by atoms with Gasteiger partial charge in [-0.25, -0.2) is 9.07 Å². The number of carbonyl (C=O) groups is 1. The summed E-state index contributed by atoms with van der Waals surface area (Å²) in [4.78, 5) is 18.6. The summed E-state index contributed by atoms with van der Waals surface area (Å²) in [5.41, 5.74) is 6.55. The Hall–Kier alpha value is -4.89.